The van der Waals surface area contributed by atoms with Crippen molar-refractivity contribution in [2.75, 3.05) is 39.3 Å². The maximum absolute atomic E-state index is 14.6. The number of aliphatic carboxylic acids is 1. The number of hydrogen-bond donors (Lipinski definition) is 15. The first-order valence-electron chi connectivity index (χ1n) is 38.3. The van der Waals surface area contributed by atoms with Crippen molar-refractivity contribution >= 4 is 104 Å². The van der Waals surface area contributed by atoms with Crippen LogP contribution in [0.5, 0.6) is 5.75 Å². The normalized spacial score (nSPS) is 14.7. The van der Waals surface area contributed by atoms with Gasteiger partial charge in [-0.3, -0.25) is 52.7 Å². The number of aromatic nitrogens is 1. The summed E-state index contributed by atoms with van der Waals surface area (Å²) in [5.41, 5.74) is 12.3. The Hall–Kier alpha value is -10.3. The van der Waals surface area contributed by atoms with E-state index in [0.29, 0.717) is 51.7 Å². The highest BCUT2D eigenvalue weighted by Gasteiger charge is 2.39. The van der Waals surface area contributed by atoms with Crippen molar-refractivity contribution in [2.45, 2.75) is 272 Å². The fraction of sp³-hybridized carbons (Fsp3) is 0.636. The Bertz CT molecular complexity index is 4100. The van der Waals surface area contributed by atoms with E-state index < -0.39 is 184 Å². The Labute approximate surface area is 667 Å². The Morgan fingerprint density at radius 3 is 1.61 bits per heavy atom. The summed E-state index contributed by atoms with van der Waals surface area (Å²) in [4.78, 5) is 180. The number of amides is 11. The number of benzene rings is 2. The predicted molar refractivity (Wildman–Crippen MR) is 425 cm³/mol. The third kappa shape index (κ3) is 32.3. The SMILES string of the molecule is Cc1c(C)c(S(=O)(=O)NC(N)=NCCC[C@H](NC(=O)CNC(=O)[C@H](CCCCNC(=O)OC(C)(C)C)NC(=O)[C@@H](NC(=O)[C@H](CC(C)C)NC(=O)[C@H](Cc2cn(C(=O)OC(C)(C)C)c3ccccc23)NC(=O)[C@H](C)N)C(C)C)C(=O)NCC(=O)NCC(=O)N[C@@H](CCCCNC(=O)OC(C)(C)C)C(=O)O)c(C)c2c1OC(C)(C)C2. The van der Waals surface area contributed by atoms with E-state index >= 15 is 0 Å². The van der Waals surface area contributed by atoms with E-state index in [4.69, 9.17) is 30.4 Å². The van der Waals surface area contributed by atoms with Gasteiger partial charge in [-0.2, -0.15) is 0 Å². The first-order chi connectivity index (χ1) is 52.8. The molecule has 1 aliphatic heterocycles. The molecule has 2 aromatic carbocycles. The lowest BCUT2D eigenvalue weighted by Gasteiger charge is -2.29. The molecule has 0 saturated carbocycles. The third-order valence-corrected chi connectivity index (χ3v) is 19.2. The van der Waals surface area contributed by atoms with Gasteiger partial charge in [0, 0.05) is 49.6 Å². The van der Waals surface area contributed by atoms with E-state index in [0.717, 1.165) is 5.56 Å². The lowest BCUT2D eigenvalue weighted by atomic mass is 9.94. The van der Waals surface area contributed by atoms with Crippen LogP contribution in [-0.2, 0) is 85.0 Å². The number of carboxylic acid groups (broad SMARTS) is 1. The number of para-hydroxylation sites is 1. The molecule has 0 fully saturated rings. The summed E-state index contributed by atoms with van der Waals surface area (Å²) in [6, 6.07) is -2.60. The largest absolute Gasteiger partial charge is 0.487 e. The van der Waals surface area contributed by atoms with Crippen LogP contribution < -0.4 is 79.4 Å². The van der Waals surface area contributed by atoms with Crippen molar-refractivity contribution < 1.29 is 94.8 Å². The molecule has 36 nitrogen and oxygen atoms in total. The second-order valence-corrected chi connectivity index (χ2v) is 34.4. The summed E-state index contributed by atoms with van der Waals surface area (Å²) < 4.78 is 53.9. The summed E-state index contributed by atoms with van der Waals surface area (Å²) in [6.45, 7) is 30.0. The smallest absolute Gasteiger partial charge is 0.419 e. The van der Waals surface area contributed by atoms with Crippen molar-refractivity contribution in [3.05, 3.63) is 58.3 Å². The molecule has 0 bridgehead atoms. The van der Waals surface area contributed by atoms with Crippen LogP contribution in [0.1, 0.15) is 196 Å². The molecule has 1 aromatic heterocycles. The van der Waals surface area contributed by atoms with E-state index in [2.05, 4.69) is 68.2 Å². The molecule has 0 unspecified atom stereocenters. The first-order valence-corrected chi connectivity index (χ1v) is 39.8. The summed E-state index contributed by atoms with van der Waals surface area (Å²) in [7, 11) is -4.34. The van der Waals surface area contributed by atoms with Gasteiger partial charge in [0.15, 0.2) is 0 Å². The minimum absolute atomic E-state index is 0.00537. The maximum Gasteiger partial charge on any atom is 0.419 e. The molecule has 0 saturated heterocycles. The summed E-state index contributed by atoms with van der Waals surface area (Å²) >= 11 is 0. The summed E-state index contributed by atoms with van der Waals surface area (Å²) in [6.07, 6.45) is 0.291. The van der Waals surface area contributed by atoms with Crippen LogP contribution in [0.2, 0.25) is 0 Å². The Kier molecular flexibility index (Phi) is 36.0. The first kappa shape index (κ1) is 96.0. The lowest BCUT2D eigenvalue weighted by molar-refractivity contribution is -0.142. The van der Waals surface area contributed by atoms with Crippen molar-refractivity contribution in [3.8, 4) is 5.75 Å². The second-order valence-electron chi connectivity index (χ2n) is 32.8. The molecular formula is C77H122N16O20S. The molecule has 0 spiro atoms. The van der Waals surface area contributed by atoms with E-state index in [9.17, 15) is 75.9 Å². The number of nitrogens with two attached hydrogens (primary N) is 2. The number of sulfonamides is 1. The van der Waals surface area contributed by atoms with Crippen molar-refractivity contribution in [1.82, 2.24) is 67.8 Å². The second kappa shape index (κ2) is 42.7. The highest BCUT2D eigenvalue weighted by Crippen LogP contribution is 2.44. The standard InChI is InChI=1S/C77H122N16O20S/c1-42(2)35-54(90-66(100)55(89-63(97)47(8)78)36-48-41-93(73(107)113-76(15,16)17)56-31-21-20-27-49(48)56)67(101)91-60(43(3)4)68(102)88-52(28-22-24-32-81-71(105)111-74(9,10)11)65(99)85-40-59(96)86-51(30-26-34-80-70(79)92-114(108,109)62-45(6)44(5)61-50(46(62)7)37-77(18,19)110-61)64(98)84-38-57(94)83-39-58(95)87-53(69(103)104)29-23-25-33-82-72(106)112-75(12,13)14/h20-21,27,31,41-43,47,51-55,60H,22-26,28-30,32-40,78H2,1-19H3,(H,81,105)(H,82,106)(H,83,94)(H,84,98)(H,85,99)(H,86,96)(H,87,95)(H,88,102)(H,89,97)(H,90,100)(H,91,101)(H,103,104)(H3,79,80,92)/t47-,51-,52-,53-,54-,55-,60-/m0/s1. The number of nitrogens with one attached hydrogen (secondary N) is 12. The van der Waals surface area contributed by atoms with Crippen LogP contribution in [0.3, 0.4) is 0 Å². The topological polar surface area (TPSA) is 527 Å². The number of carbonyl (C=O) groups is 13. The molecule has 114 heavy (non-hydrogen) atoms. The highest BCUT2D eigenvalue weighted by molar-refractivity contribution is 7.90. The van der Waals surface area contributed by atoms with Crippen molar-refractivity contribution in [1.29, 1.82) is 0 Å². The highest BCUT2D eigenvalue weighted by atomic mass is 32.2. The molecule has 17 N–H and O–H groups in total. The number of carboxylic acids is 1. The molecule has 37 heteroatoms. The molecule has 0 radical (unpaired) electrons. The predicted octanol–water partition coefficient (Wildman–Crippen LogP) is 3.46. The number of carbonyl (C=O) groups excluding carboxylic acids is 12. The molecule has 7 atom stereocenters. The van der Waals surface area contributed by atoms with Crippen LogP contribution in [0.25, 0.3) is 10.9 Å². The Morgan fingerprint density at radius 2 is 1.07 bits per heavy atom. The van der Waals surface area contributed by atoms with E-state index in [1.165, 1.54) is 17.7 Å². The zero-order valence-corrected chi connectivity index (χ0v) is 70.1. The van der Waals surface area contributed by atoms with Crippen molar-refractivity contribution in [2.24, 2.45) is 28.3 Å². The van der Waals surface area contributed by atoms with Gasteiger partial charge in [0.1, 0.15) is 64.4 Å². The average Bonchev–Trinajstić information content (AvgIpc) is 1.48. The number of hydrogen-bond acceptors (Lipinski definition) is 21. The number of unbranched alkanes of at least 4 members (excludes halogenated alkanes) is 2. The van der Waals surface area contributed by atoms with Crippen molar-refractivity contribution in [3.63, 3.8) is 0 Å². The van der Waals surface area contributed by atoms with Crippen LogP contribution >= 0.6 is 0 Å². The zero-order valence-electron chi connectivity index (χ0n) is 69.3. The monoisotopic (exact) mass is 1620 g/mol. The van der Waals surface area contributed by atoms with Gasteiger partial charge in [-0.1, -0.05) is 45.9 Å². The summed E-state index contributed by atoms with van der Waals surface area (Å²) in [5, 5.41) is 38.4. The summed E-state index contributed by atoms with van der Waals surface area (Å²) in [5.74, 6) is -10.0. The third-order valence-electron chi connectivity index (χ3n) is 17.6. The fourth-order valence-electron chi connectivity index (χ4n) is 12.1. The average molecular weight is 1620 g/mol. The van der Waals surface area contributed by atoms with Gasteiger partial charge in [-0.15, -0.1) is 0 Å². The van der Waals surface area contributed by atoms with Crippen LogP contribution in [0, 0.1) is 32.6 Å². The lowest BCUT2D eigenvalue weighted by Crippen LogP contribution is -2.60. The van der Waals surface area contributed by atoms with Gasteiger partial charge < -0.3 is 94.0 Å². The number of fused-ring (bicyclic) bond motifs is 2. The fourth-order valence-corrected chi connectivity index (χ4v) is 13.6. The number of ether oxygens (including phenoxy) is 4. The minimum Gasteiger partial charge on any atom is -0.487 e. The van der Waals surface area contributed by atoms with Gasteiger partial charge in [-0.05, 0) is 202 Å². The molecule has 4 rings (SSSR count). The number of nitrogens with zero attached hydrogens (tertiary/aromatic N) is 2. The quantitative estimate of drug-likeness (QED) is 0.0168. The van der Waals surface area contributed by atoms with Gasteiger partial charge in [0.05, 0.1) is 36.1 Å². The Balaban J connectivity index is 1.57. The number of guanidine groups is 1. The molecule has 0 aliphatic carbocycles. The van der Waals surface area contributed by atoms with Gasteiger partial charge in [0.2, 0.25) is 59.1 Å². The van der Waals surface area contributed by atoms with E-state index in [1.54, 1.807) is 135 Å². The molecule has 1 aliphatic rings. The van der Waals surface area contributed by atoms with E-state index in [-0.39, 0.29) is 88.2 Å². The van der Waals surface area contributed by atoms with Gasteiger partial charge in [-0.25, -0.2) is 32.3 Å². The molecular weight excluding hydrogens is 1500 g/mol. The maximum atomic E-state index is 14.6. The molecule has 2 heterocycles. The Morgan fingerprint density at radius 1 is 0.579 bits per heavy atom. The molecule has 11 amide bonds. The van der Waals surface area contributed by atoms with Crippen LogP contribution in [0.15, 0.2) is 40.4 Å². The van der Waals surface area contributed by atoms with Gasteiger partial charge in [0.25, 0.3) is 10.0 Å². The molecule has 636 valence electrons. The number of aliphatic imine (C=N–C) groups is 1. The van der Waals surface area contributed by atoms with E-state index in [1.807, 2.05) is 13.8 Å². The minimum atomic E-state index is -4.34. The number of rotatable bonds is 40. The van der Waals surface area contributed by atoms with Crippen LogP contribution in [0.4, 0.5) is 14.4 Å². The van der Waals surface area contributed by atoms with Crippen LogP contribution in [-0.4, -0.2) is 205 Å². The molecule has 3 aromatic rings. The zero-order chi connectivity index (χ0) is 86.1. The number of alkyl carbamates (subject to hydrolysis) is 2. The van der Waals surface area contributed by atoms with Gasteiger partial charge >= 0.3 is 24.2 Å².